The van der Waals surface area contributed by atoms with Crippen LogP contribution in [0.25, 0.3) is 33.5 Å². The van der Waals surface area contributed by atoms with E-state index >= 15 is 0 Å². The molecule has 3 heterocycles. The van der Waals surface area contributed by atoms with Crippen molar-refractivity contribution in [1.29, 1.82) is 0 Å². The Labute approximate surface area is 325 Å². The van der Waals surface area contributed by atoms with Gasteiger partial charge in [0.25, 0.3) is 5.91 Å². The van der Waals surface area contributed by atoms with Crippen LogP contribution in [0.5, 0.6) is 11.5 Å². The van der Waals surface area contributed by atoms with Gasteiger partial charge in [0.15, 0.2) is 6.61 Å². The third-order valence-corrected chi connectivity index (χ3v) is 9.85. The predicted molar refractivity (Wildman–Crippen MR) is 221 cm³/mol. The van der Waals surface area contributed by atoms with Gasteiger partial charge in [-0.15, -0.1) is 11.3 Å². The number of carbonyl (C=O) groups excluding carboxylic acids is 1. The maximum atomic E-state index is 14.0. The highest BCUT2D eigenvalue weighted by atomic mass is 32.1. The highest BCUT2D eigenvalue weighted by Crippen LogP contribution is 2.30. The molecule has 5 aromatic rings. The molecule has 8 nitrogen and oxygen atoms in total. The minimum Gasteiger partial charge on any atom is -0.490 e. The molecule has 0 unspecified atom stereocenters. The molecule has 1 atom stereocenters. The van der Waals surface area contributed by atoms with Gasteiger partial charge < -0.3 is 29.7 Å². The molecule has 1 aliphatic rings. The monoisotopic (exact) mass is 762 g/mol. The van der Waals surface area contributed by atoms with Crippen LogP contribution in [0.4, 0.5) is 8.63 Å². The summed E-state index contributed by atoms with van der Waals surface area (Å²) in [6.45, 7) is 8.33. The molecule has 284 valence electrons. The smallest absolute Gasteiger partial charge is 0.490 e. The lowest BCUT2D eigenvalue weighted by atomic mass is 9.86. The number of halogens is 2. The molecule has 0 saturated heterocycles. The van der Waals surface area contributed by atoms with Gasteiger partial charge in [0.2, 0.25) is 0 Å². The summed E-state index contributed by atoms with van der Waals surface area (Å²) in [6, 6.07) is 28.2. The third-order valence-electron chi connectivity index (χ3n) is 8.95. The lowest BCUT2D eigenvalue weighted by molar-refractivity contribution is -0.124. The van der Waals surface area contributed by atoms with Crippen molar-refractivity contribution in [3.8, 4) is 22.1 Å². The Morgan fingerprint density at radius 3 is 2.47 bits per heavy atom. The number of carbonyl (C=O) groups is 1. The van der Waals surface area contributed by atoms with E-state index in [1.807, 2.05) is 118 Å². The maximum Gasteiger partial charge on any atom is 0.678 e. The first-order chi connectivity index (χ1) is 26.3. The van der Waals surface area contributed by atoms with Gasteiger partial charge in [-0.05, 0) is 111 Å². The molecule has 0 aliphatic carbocycles. The molecule has 6 rings (SSSR count). The number of benzene rings is 3. The van der Waals surface area contributed by atoms with Crippen molar-refractivity contribution in [3.05, 3.63) is 132 Å². The first kappa shape index (κ1) is 39.4. The number of aliphatic hydroxyl groups excluding tert-OH is 1. The number of rotatable bonds is 17. The number of ether oxygens (including phenoxy) is 2. The largest absolute Gasteiger partial charge is 0.678 e. The summed E-state index contributed by atoms with van der Waals surface area (Å²) in [5.74, 6) is 1.05. The van der Waals surface area contributed by atoms with Gasteiger partial charge in [0.05, 0.1) is 17.1 Å². The number of hydrogen-bond donors (Lipinski definition) is 3. The van der Waals surface area contributed by atoms with Gasteiger partial charge in [-0.1, -0.05) is 60.7 Å². The Bertz CT molecular complexity index is 2200. The fraction of sp³-hybridized carbons (Fsp3) is 0.256. The van der Waals surface area contributed by atoms with E-state index in [0.717, 1.165) is 31.4 Å². The minimum atomic E-state index is -2.68. The van der Waals surface area contributed by atoms with E-state index < -0.39 is 24.6 Å². The standard InChI is InChI=1S/C43H45BF2N4O4S/c1-42(2,47-26-35(51)27-54-39-12-7-10-31-9-5-6-11-37(31)39)29-43(3,4)49-41(52)28-53-36-21-15-30(16-22-36)14-17-32-18-19-33(48-32)25-34-20-23-38(50(34)44(45)46)40-13-8-24-55-40/h5-25,35,47,51H,26-29H2,1-4H3,(H,49,52)/b17-14+,33-25-/t35-/m0/s1. The number of aliphatic hydroxyl groups is 1. The molecule has 1 amide bonds. The first-order valence-electron chi connectivity index (χ1n) is 18.1. The number of nitrogens with zero attached hydrogens (tertiary/aromatic N) is 2. The van der Waals surface area contributed by atoms with Crippen LogP contribution in [-0.4, -0.2) is 65.5 Å². The van der Waals surface area contributed by atoms with Crippen LogP contribution in [-0.2, 0) is 4.79 Å². The van der Waals surface area contributed by atoms with Gasteiger partial charge >= 0.3 is 7.40 Å². The zero-order valence-corrected chi connectivity index (χ0v) is 32.2. The quantitative estimate of drug-likeness (QED) is 0.0825. The van der Waals surface area contributed by atoms with Gasteiger partial charge in [-0.3, -0.25) is 13.4 Å². The third kappa shape index (κ3) is 10.9. The highest BCUT2D eigenvalue weighted by Gasteiger charge is 2.30. The molecule has 0 fully saturated rings. The summed E-state index contributed by atoms with van der Waals surface area (Å²) in [6.07, 6.45) is 8.91. The van der Waals surface area contributed by atoms with Crippen molar-refractivity contribution in [3.63, 3.8) is 0 Å². The molecule has 12 heteroatoms. The molecular formula is C43H45BF2N4O4S. The maximum absolute atomic E-state index is 14.0. The molecular weight excluding hydrogens is 717 g/mol. The highest BCUT2D eigenvalue weighted by molar-refractivity contribution is 7.13. The normalized spacial score (nSPS) is 14.5. The van der Waals surface area contributed by atoms with Crippen LogP contribution in [0.2, 0.25) is 0 Å². The second-order valence-electron chi connectivity index (χ2n) is 14.7. The number of β-amino-alcohol motifs (C(OH)–C–C–N with tert-alkyl or cyclic N) is 1. The summed E-state index contributed by atoms with van der Waals surface area (Å²) in [7, 11) is -2.68. The van der Waals surface area contributed by atoms with Gasteiger partial charge in [-0.25, -0.2) is 4.99 Å². The van der Waals surface area contributed by atoms with Crippen LogP contribution >= 0.6 is 11.3 Å². The predicted octanol–water partition coefficient (Wildman–Crippen LogP) is 8.68. The van der Waals surface area contributed by atoms with Crippen molar-refractivity contribution in [2.24, 2.45) is 4.99 Å². The second-order valence-corrected chi connectivity index (χ2v) is 15.7. The topological polar surface area (TPSA) is 97.1 Å². The summed E-state index contributed by atoms with van der Waals surface area (Å²) in [5, 5.41) is 21.1. The molecule has 3 aromatic carbocycles. The average Bonchev–Trinajstić information content (AvgIpc) is 3.93. The van der Waals surface area contributed by atoms with Crippen molar-refractivity contribution in [2.75, 3.05) is 19.8 Å². The van der Waals surface area contributed by atoms with Crippen LogP contribution < -0.4 is 20.1 Å². The zero-order chi connectivity index (χ0) is 39.0. The van der Waals surface area contributed by atoms with Crippen LogP contribution in [0.3, 0.4) is 0 Å². The van der Waals surface area contributed by atoms with E-state index in [1.165, 1.54) is 11.3 Å². The SMILES string of the molecule is CC(C)(CC(C)(C)NC(=O)COc1ccc(/C=C/C2=NC(=C\c3ccc(-c4cccs4)n3B(F)F)/C=C2)cc1)NC[C@H](O)COc1cccc2ccccc12. The second kappa shape index (κ2) is 17.4. The molecule has 2 aromatic heterocycles. The van der Waals surface area contributed by atoms with E-state index in [1.54, 1.807) is 36.4 Å². The van der Waals surface area contributed by atoms with Gasteiger partial charge in [0, 0.05) is 33.6 Å². The van der Waals surface area contributed by atoms with Gasteiger partial charge in [0.1, 0.15) is 24.2 Å². The molecule has 0 spiro atoms. The van der Waals surface area contributed by atoms with E-state index in [2.05, 4.69) is 15.6 Å². The number of amides is 1. The molecule has 1 aliphatic heterocycles. The van der Waals surface area contributed by atoms with Crippen molar-refractivity contribution < 1.29 is 28.0 Å². The molecule has 0 saturated carbocycles. The van der Waals surface area contributed by atoms with Crippen molar-refractivity contribution in [2.45, 2.75) is 51.3 Å². The number of allylic oxidation sites excluding steroid dienone is 3. The number of hydrogen-bond acceptors (Lipinski definition) is 7. The summed E-state index contributed by atoms with van der Waals surface area (Å²) in [5.41, 5.74) is 2.09. The Balaban J connectivity index is 0.935. The summed E-state index contributed by atoms with van der Waals surface area (Å²) < 4.78 is 40.7. The zero-order valence-electron chi connectivity index (χ0n) is 31.3. The number of nitrogens with one attached hydrogen (secondary N) is 2. The van der Waals surface area contributed by atoms with E-state index in [-0.39, 0.29) is 19.1 Å². The first-order valence-corrected chi connectivity index (χ1v) is 19.0. The molecule has 0 bridgehead atoms. The summed E-state index contributed by atoms with van der Waals surface area (Å²) >= 11 is 1.42. The number of aliphatic imine (C=N–C) groups is 1. The van der Waals surface area contributed by atoms with E-state index in [0.29, 0.717) is 41.5 Å². The van der Waals surface area contributed by atoms with Crippen molar-refractivity contribution >= 4 is 53.3 Å². The lowest BCUT2D eigenvalue weighted by Crippen LogP contribution is -2.54. The number of aromatic nitrogens is 1. The minimum absolute atomic E-state index is 0.142. The molecule has 55 heavy (non-hydrogen) atoms. The molecule has 3 N–H and O–H groups in total. The Hall–Kier alpha value is -5.30. The Morgan fingerprint density at radius 1 is 0.927 bits per heavy atom. The van der Waals surface area contributed by atoms with E-state index in [4.69, 9.17) is 9.47 Å². The fourth-order valence-electron chi connectivity index (χ4n) is 6.73. The van der Waals surface area contributed by atoms with Crippen LogP contribution in [0.1, 0.15) is 45.4 Å². The molecule has 0 radical (unpaired) electrons. The van der Waals surface area contributed by atoms with Crippen LogP contribution in [0.15, 0.2) is 125 Å². The lowest BCUT2D eigenvalue weighted by Gasteiger charge is -2.37. The van der Waals surface area contributed by atoms with Crippen molar-refractivity contribution in [1.82, 2.24) is 15.1 Å². The Kier molecular flexibility index (Phi) is 12.5. The Morgan fingerprint density at radius 2 is 1.71 bits per heavy atom. The summed E-state index contributed by atoms with van der Waals surface area (Å²) in [4.78, 5) is 18.2. The van der Waals surface area contributed by atoms with Gasteiger partial charge in [-0.2, -0.15) is 0 Å². The average molecular weight is 763 g/mol. The van der Waals surface area contributed by atoms with E-state index in [9.17, 15) is 18.5 Å². The number of fused-ring (bicyclic) bond motifs is 1. The fourth-order valence-corrected chi connectivity index (χ4v) is 7.48. The number of thiophene rings is 1. The van der Waals surface area contributed by atoms with Crippen LogP contribution in [0, 0.1) is 0 Å².